The van der Waals surface area contributed by atoms with Gasteiger partial charge >= 0.3 is 5.97 Å². The highest BCUT2D eigenvalue weighted by Gasteiger charge is 2.42. The Labute approximate surface area is 119 Å². The zero-order valence-electron chi connectivity index (χ0n) is 12.1. The molecule has 5 atom stereocenters. The predicted octanol–water partition coefficient (Wildman–Crippen LogP) is 1.43. The van der Waals surface area contributed by atoms with Crippen LogP contribution in [-0.2, 0) is 19.1 Å². The van der Waals surface area contributed by atoms with Gasteiger partial charge in [-0.25, -0.2) is 0 Å². The second kappa shape index (κ2) is 5.94. The number of carbonyl (C=O) groups excluding carboxylic acids is 3. The summed E-state index contributed by atoms with van der Waals surface area (Å²) in [6, 6.07) is 0. The van der Waals surface area contributed by atoms with Crippen LogP contribution in [0.15, 0.2) is 0 Å². The monoisotopic (exact) mass is 281 g/mol. The van der Waals surface area contributed by atoms with E-state index in [-0.39, 0.29) is 48.5 Å². The standard InChI is InChI=1S/C15H23NO4/c1-8-3-9(2)15(19)11(4-8)12-5-10(6-13(16)17)7-14(18)20-12/h8-12H,3-7H2,1-2H3,(H2,16,17)/t8-,9-,10+,11-,12-/m0/s1. The first-order valence-corrected chi connectivity index (χ1v) is 7.38. The minimum absolute atomic E-state index is 0.0268. The lowest BCUT2D eigenvalue weighted by molar-refractivity contribution is -0.164. The van der Waals surface area contributed by atoms with Gasteiger partial charge in [-0.15, -0.1) is 0 Å². The van der Waals surface area contributed by atoms with Crippen LogP contribution in [-0.4, -0.2) is 23.8 Å². The summed E-state index contributed by atoms with van der Waals surface area (Å²) in [5.74, 6) is -0.332. The SMILES string of the molecule is C[C@@H]1C[C@@H]([C@@H]2C[C@H](CC(N)=O)CC(=O)O2)C(=O)[C@@H](C)C1. The molecule has 1 amide bonds. The van der Waals surface area contributed by atoms with Crippen molar-refractivity contribution in [2.45, 2.75) is 52.1 Å². The normalized spacial score (nSPS) is 38.4. The summed E-state index contributed by atoms with van der Waals surface area (Å²) in [5, 5.41) is 0. The number of ether oxygens (including phenoxy) is 1. The van der Waals surface area contributed by atoms with Gasteiger partial charge in [0.1, 0.15) is 11.9 Å². The van der Waals surface area contributed by atoms with Crippen molar-refractivity contribution in [1.29, 1.82) is 0 Å². The molecule has 0 unspecified atom stereocenters. The quantitative estimate of drug-likeness (QED) is 0.793. The third-order valence-corrected chi connectivity index (χ3v) is 4.51. The van der Waals surface area contributed by atoms with E-state index >= 15 is 0 Å². The number of Topliss-reactive ketones (excluding diaryl/α,β-unsaturated/α-hetero) is 1. The molecule has 2 rings (SSSR count). The van der Waals surface area contributed by atoms with E-state index in [2.05, 4.69) is 6.92 Å². The molecule has 0 bridgehead atoms. The van der Waals surface area contributed by atoms with E-state index in [1.54, 1.807) is 0 Å². The summed E-state index contributed by atoms with van der Waals surface area (Å²) >= 11 is 0. The summed E-state index contributed by atoms with van der Waals surface area (Å²) < 4.78 is 5.39. The van der Waals surface area contributed by atoms with Crippen molar-refractivity contribution >= 4 is 17.7 Å². The highest BCUT2D eigenvalue weighted by molar-refractivity contribution is 5.85. The van der Waals surface area contributed by atoms with Gasteiger partial charge in [0, 0.05) is 18.8 Å². The number of rotatable bonds is 3. The van der Waals surface area contributed by atoms with E-state index in [1.165, 1.54) is 0 Å². The first kappa shape index (κ1) is 15.0. The molecule has 2 fully saturated rings. The predicted molar refractivity (Wildman–Crippen MR) is 72.5 cm³/mol. The lowest BCUT2D eigenvalue weighted by Gasteiger charge is -2.38. The van der Waals surface area contributed by atoms with Gasteiger partial charge in [-0.05, 0) is 31.1 Å². The molecule has 112 valence electrons. The lowest BCUT2D eigenvalue weighted by atomic mass is 9.71. The molecule has 1 aliphatic carbocycles. The molecular weight excluding hydrogens is 258 g/mol. The Bertz CT molecular complexity index is 418. The van der Waals surface area contributed by atoms with Gasteiger partial charge in [-0.1, -0.05) is 13.8 Å². The Kier molecular flexibility index (Phi) is 4.45. The third kappa shape index (κ3) is 3.38. The molecule has 1 saturated carbocycles. The fraction of sp³-hybridized carbons (Fsp3) is 0.800. The van der Waals surface area contributed by atoms with Crippen LogP contribution in [0.5, 0.6) is 0 Å². The highest BCUT2D eigenvalue weighted by atomic mass is 16.5. The van der Waals surface area contributed by atoms with E-state index in [4.69, 9.17) is 10.5 Å². The van der Waals surface area contributed by atoms with Gasteiger partial charge in [0.05, 0.1) is 5.92 Å². The van der Waals surface area contributed by atoms with Crippen LogP contribution in [0.2, 0.25) is 0 Å². The maximum Gasteiger partial charge on any atom is 0.306 e. The molecule has 0 aromatic carbocycles. The fourth-order valence-corrected chi connectivity index (χ4v) is 3.67. The van der Waals surface area contributed by atoms with Crippen LogP contribution in [0.4, 0.5) is 0 Å². The summed E-state index contributed by atoms with van der Waals surface area (Å²) in [6.07, 6.45) is 2.29. The number of esters is 1. The van der Waals surface area contributed by atoms with Gasteiger partial charge in [0.2, 0.25) is 5.91 Å². The van der Waals surface area contributed by atoms with Gasteiger partial charge in [0.25, 0.3) is 0 Å². The topological polar surface area (TPSA) is 86.5 Å². The van der Waals surface area contributed by atoms with Crippen molar-refractivity contribution in [1.82, 2.24) is 0 Å². The molecule has 20 heavy (non-hydrogen) atoms. The van der Waals surface area contributed by atoms with Crippen molar-refractivity contribution in [2.75, 3.05) is 0 Å². The van der Waals surface area contributed by atoms with Crippen molar-refractivity contribution in [3.63, 3.8) is 0 Å². The van der Waals surface area contributed by atoms with Crippen LogP contribution < -0.4 is 5.73 Å². The second-order valence-electron chi connectivity index (χ2n) is 6.49. The summed E-state index contributed by atoms with van der Waals surface area (Å²) in [7, 11) is 0. The first-order chi connectivity index (χ1) is 9.36. The maximum atomic E-state index is 12.3. The number of hydrogen-bond acceptors (Lipinski definition) is 4. The van der Waals surface area contributed by atoms with Crippen LogP contribution in [0, 0.1) is 23.7 Å². The van der Waals surface area contributed by atoms with E-state index in [0.29, 0.717) is 12.3 Å². The Morgan fingerprint density at radius 1 is 1.25 bits per heavy atom. The number of primary amides is 1. The van der Waals surface area contributed by atoms with E-state index in [1.807, 2.05) is 6.92 Å². The second-order valence-corrected chi connectivity index (χ2v) is 6.49. The van der Waals surface area contributed by atoms with Crippen LogP contribution in [0.3, 0.4) is 0 Å². The molecule has 0 aromatic rings. The van der Waals surface area contributed by atoms with Crippen LogP contribution in [0.25, 0.3) is 0 Å². The average Bonchev–Trinajstić information content (AvgIpc) is 2.32. The molecule has 0 spiro atoms. The van der Waals surface area contributed by atoms with Gasteiger partial charge in [-0.3, -0.25) is 14.4 Å². The number of cyclic esters (lactones) is 1. The number of amides is 1. The van der Waals surface area contributed by atoms with Crippen molar-refractivity contribution in [3.8, 4) is 0 Å². The number of hydrogen-bond donors (Lipinski definition) is 1. The number of ketones is 1. The van der Waals surface area contributed by atoms with Crippen molar-refractivity contribution in [3.05, 3.63) is 0 Å². The lowest BCUT2D eigenvalue weighted by Crippen LogP contribution is -2.44. The molecule has 5 heteroatoms. The minimum Gasteiger partial charge on any atom is -0.462 e. The first-order valence-electron chi connectivity index (χ1n) is 7.38. The van der Waals surface area contributed by atoms with Crippen LogP contribution in [0.1, 0.15) is 46.0 Å². The fourth-order valence-electron chi connectivity index (χ4n) is 3.67. The molecule has 0 aromatic heterocycles. The maximum absolute atomic E-state index is 12.3. The molecular formula is C15H23NO4. The largest absolute Gasteiger partial charge is 0.462 e. The highest BCUT2D eigenvalue weighted by Crippen LogP contribution is 2.37. The Balaban J connectivity index is 2.08. The Morgan fingerprint density at radius 2 is 1.95 bits per heavy atom. The molecule has 2 N–H and O–H groups in total. The van der Waals surface area contributed by atoms with E-state index in [9.17, 15) is 14.4 Å². The van der Waals surface area contributed by atoms with Gasteiger partial charge in [-0.2, -0.15) is 0 Å². The summed E-state index contributed by atoms with van der Waals surface area (Å²) in [6.45, 7) is 4.07. The van der Waals surface area contributed by atoms with Crippen molar-refractivity contribution in [2.24, 2.45) is 29.4 Å². The molecule has 2 aliphatic rings. The molecule has 1 heterocycles. The molecule has 1 saturated heterocycles. The zero-order chi connectivity index (χ0) is 14.9. The minimum atomic E-state index is -0.403. The Hall–Kier alpha value is -1.39. The average molecular weight is 281 g/mol. The molecule has 5 nitrogen and oxygen atoms in total. The smallest absolute Gasteiger partial charge is 0.306 e. The number of carbonyl (C=O) groups is 3. The van der Waals surface area contributed by atoms with Gasteiger partial charge in [0.15, 0.2) is 0 Å². The summed E-state index contributed by atoms with van der Waals surface area (Å²) in [5.41, 5.74) is 5.21. The third-order valence-electron chi connectivity index (χ3n) is 4.51. The van der Waals surface area contributed by atoms with E-state index in [0.717, 1.165) is 12.8 Å². The zero-order valence-corrected chi connectivity index (χ0v) is 12.1. The summed E-state index contributed by atoms with van der Waals surface area (Å²) in [4.78, 5) is 35.0. The van der Waals surface area contributed by atoms with Gasteiger partial charge < -0.3 is 10.5 Å². The van der Waals surface area contributed by atoms with Crippen molar-refractivity contribution < 1.29 is 19.1 Å². The Morgan fingerprint density at radius 3 is 2.60 bits per heavy atom. The number of nitrogens with two attached hydrogens (primary N) is 1. The van der Waals surface area contributed by atoms with Crippen LogP contribution >= 0.6 is 0 Å². The molecule has 0 radical (unpaired) electrons. The molecule has 1 aliphatic heterocycles. The van der Waals surface area contributed by atoms with E-state index < -0.39 is 5.91 Å².